The first-order chi connectivity index (χ1) is 15.7. The zero-order valence-corrected chi connectivity index (χ0v) is 20.6. The highest BCUT2D eigenvalue weighted by Crippen LogP contribution is 2.65. The van der Waals surface area contributed by atoms with E-state index in [0.29, 0.717) is 27.0 Å². The zero-order chi connectivity index (χ0) is 23.8. The fourth-order valence-corrected chi connectivity index (χ4v) is 5.16. The van der Waals surface area contributed by atoms with Crippen LogP contribution in [0.1, 0.15) is 27.5 Å². The van der Waals surface area contributed by atoms with Crippen LogP contribution < -0.4 is 10.6 Å². The maximum absolute atomic E-state index is 12.9. The molecule has 2 amide bonds. The van der Waals surface area contributed by atoms with Gasteiger partial charge in [0, 0.05) is 27.8 Å². The van der Waals surface area contributed by atoms with Gasteiger partial charge < -0.3 is 10.6 Å². The molecule has 0 radical (unpaired) electrons. The van der Waals surface area contributed by atoms with Gasteiger partial charge in [0.25, 0.3) is 5.91 Å². The van der Waals surface area contributed by atoms with E-state index < -0.39 is 28.0 Å². The molecule has 1 heterocycles. The molecule has 1 saturated carbocycles. The molecule has 2 N–H and O–H groups in total. The molecule has 2 aromatic carbocycles. The standard InChI is InChI=1S/C23H16Cl5N3O2/c24-13-7-12(8-14(25)9-13)19-20(23(19,27)28)22(33)31-15-4-5-18(26)17(10-15)21(32)30-11-16-3-1-2-6-29-16/h1-10,19-20H,11H2,(H,30,32)(H,31,33)/t19-,20+/m1/s1. The van der Waals surface area contributed by atoms with E-state index in [4.69, 9.17) is 58.0 Å². The third-order valence-corrected chi connectivity index (χ3v) is 6.92. The molecule has 1 aromatic heterocycles. The van der Waals surface area contributed by atoms with Crippen LogP contribution in [0.3, 0.4) is 0 Å². The molecular weight excluding hydrogens is 528 g/mol. The van der Waals surface area contributed by atoms with E-state index in [2.05, 4.69) is 15.6 Å². The van der Waals surface area contributed by atoms with E-state index in [1.807, 2.05) is 6.07 Å². The minimum atomic E-state index is -1.31. The smallest absolute Gasteiger partial charge is 0.253 e. The van der Waals surface area contributed by atoms with Crippen LogP contribution in [-0.2, 0) is 11.3 Å². The summed E-state index contributed by atoms with van der Waals surface area (Å²) in [5, 5.41) is 6.61. The number of aromatic nitrogens is 1. The van der Waals surface area contributed by atoms with Gasteiger partial charge in [-0.05, 0) is 54.1 Å². The molecule has 1 fully saturated rings. The molecule has 170 valence electrons. The first-order valence-electron chi connectivity index (χ1n) is 9.79. The van der Waals surface area contributed by atoms with E-state index in [1.54, 1.807) is 42.6 Å². The summed E-state index contributed by atoms with van der Waals surface area (Å²) in [6, 6.07) is 15.0. The number of benzene rings is 2. The second kappa shape index (κ2) is 9.69. The average Bonchev–Trinajstić information content (AvgIpc) is 3.35. The second-order valence-corrected chi connectivity index (χ2v) is 10.2. The monoisotopic (exact) mass is 541 g/mol. The highest BCUT2D eigenvalue weighted by molar-refractivity contribution is 6.53. The van der Waals surface area contributed by atoms with Gasteiger partial charge in [-0.15, -0.1) is 23.2 Å². The molecule has 0 saturated heterocycles. The van der Waals surface area contributed by atoms with Crippen LogP contribution in [0.4, 0.5) is 5.69 Å². The Kier molecular flexibility index (Phi) is 7.08. The van der Waals surface area contributed by atoms with Crippen LogP contribution in [0.5, 0.6) is 0 Å². The number of nitrogens with one attached hydrogen (secondary N) is 2. The van der Waals surface area contributed by atoms with Crippen molar-refractivity contribution < 1.29 is 9.59 Å². The number of hydrogen-bond donors (Lipinski definition) is 2. The fraction of sp³-hybridized carbons (Fsp3) is 0.174. The number of hydrogen-bond acceptors (Lipinski definition) is 3. The number of amides is 2. The van der Waals surface area contributed by atoms with E-state index in [1.165, 1.54) is 12.1 Å². The summed E-state index contributed by atoms with van der Waals surface area (Å²) in [5.74, 6) is -2.01. The van der Waals surface area contributed by atoms with Gasteiger partial charge in [0.15, 0.2) is 0 Å². The maximum Gasteiger partial charge on any atom is 0.253 e. The van der Waals surface area contributed by atoms with Crippen molar-refractivity contribution in [2.75, 3.05) is 5.32 Å². The topological polar surface area (TPSA) is 71.1 Å². The van der Waals surface area contributed by atoms with Crippen molar-refractivity contribution in [3.8, 4) is 0 Å². The van der Waals surface area contributed by atoms with Crippen LogP contribution in [0.25, 0.3) is 0 Å². The highest BCUT2D eigenvalue weighted by Gasteiger charge is 2.67. The molecule has 4 rings (SSSR count). The molecule has 1 aliphatic carbocycles. The molecule has 5 nitrogen and oxygen atoms in total. The predicted molar refractivity (Wildman–Crippen MR) is 133 cm³/mol. The van der Waals surface area contributed by atoms with Crippen molar-refractivity contribution in [3.63, 3.8) is 0 Å². The summed E-state index contributed by atoms with van der Waals surface area (Å²) in [5.41, 5.74) is 1.96. The van der Waals surface area contributed by atoms with Gasteiger partial charge >= 0.3 is 0 Å². The van der Waals surface area contributed by atoms with Crippen molar-refractivity contribution in [2.24, 2.45) is 5.92 Å². The van der Waals surface area contributed by atoms with Crippen LogP contribution >= 0.6 is 58.0 Å². The lowest BCUT2D eigenvalue weighted by Crippen LogP contribution is -2.24. The molecular formula is C23H16Cl5N3O2. The van der Waals surface area contributed by atoms with Gasteiger partial charge in [-0.25, -0.2) is 0 Å². The average molecular weight is 544 g/mol. The fourth-order valence-electron chi connectivity index (χ4n) is 3.59. The number of carbonyl (C=O) groups is 2. The number of anilines is 1. The molecule has 33 heavy (non-hydrogen) atoms. The Hall–Kier alpha value is -2.02. The number of pyridine rings is 1. The Morgan fingerprint density at radius 1 is 0.970 bits per heavy atom. The molecule has 0 aliphatic heterocycles. The second-order valence-electron chi connectivity index (χ2n) is 7.52. The molecule has 0 bridgehead atoms. The minimum absolute atomic E-state index is 0.211. The molecule has 1 aliphatic rings. The molecule has 10 heteroatoms. The van der Waals surface area contributed by atoms with E-state index >= 15 is 0 Å². The SMILES string of the molecule is O=C(NCc1ccccn1)c1cc(NC(=O)[C@@H]2[C@@H](c3cc(Cl)cc(Cl)c3)C2(Cl)Cl)ccc1Cl. The van der Waals surface area contributed by atoms with Gasteiger partial charge in [-0.1, -0.05) is 40.9 Å². The lowest BCUT2D eigenvalue weighted by atomic mass is 10.1. The van der Waals surface area contributed by atoms with Gasteiger partial charge in [0.1, 0.15) is 4.33 Å². The van der Waals surface area contributed by atoms with Crippen molar-refractivity contribution in [3.05, 3.63) is 92.7 Å². The molecule has 0 unspecified atom stereocenters. The van der Waals surface area contributed by atoms with E-state index in [9.17, 15) is 9.59 Å². The van der Waals surface area contributed by atoms with Crippen LogP contribution in [-0.4, -0.2) is 21.1 Å². The Labute approximate surface area is 215 Å². The summed E-state index contributed by atoms with van der Waals surface area (Å²) in [4.78, 5) is 29.7. The summed E-state index contributed by atoms with van der Waals surface area (Å²) >= 11 is 31.2. The minimum Gasteiger partial charge on any atom is -0.346 e. The van der Waals surface area contributed by atoms with Crippen LogP contribution in [0.2, 0.25) is 15.1 Å². The molecule has 3 aromatic rings. The number of rotatable bonds is 6. The lowest BCUT2D eigenvalue weighted by Gasteiger charge is -2.10. The lowest BCUT2D eigenvalue weighted by molar-refractivity contribution is -0.117. The van der Waals surface area contributed by atoms with E-state index in [-0.39, 0.29) is 17.1 Å². The predicted octanol–water partition coefficient (Wildman–Crippen LogP) is 6.50. The molecule has 2 atom stereocenters. The quantitative estimate of drug-likeness (QED) is 0.349. The van der Waals surface area contributed by atoms with Gasteiger partial charge in [0.2, 0.25) is 5.91 Å². The molecule has 0 spiro atoms. The Morgan fingerprint density at radius 3 is 2.36 bits per heavy atom. The largest absolute Gasteiger partial charge is 0.346 e. The van der Waals surface area contributed by atoms with Crippen molar-refractivity contribution >= 4 is 75.5 Å². The van der Waals surface area contributed by atoms with Crippen molar-refractivity contribution in [2.45, 2.75) is 16.8 Å². The normalized spacial score (nSPS) is 18.5. The zero-order valence-electron chi connectivity index (χ0n) is 16.8. The summed E-state index contributed by atoms with van der Waals surface area (Å²) < 4.78 is -1.31. The number of carbonyl (C=O) groups excluding carboxylic acids is 2. The first-order valence-corrected chi connectivity index (χ1v) is 11.7. The number of nitrogens with zero attached hydrogens (tertiary/aromatic N) is 1. The van der Waals surface area contributed by atoms with E-state index in [0.717, 1.165) is 0 Å². The van der Waals surface area contributed by atoms with Crippen LogP contribution in [0.15, 0.2) is 60.8 Å². The first kappa shape index (κ1) is 24.1. The Balaban J connectivity index is 1.46. The number of halogens is 5. The summed E-state index contributed by atoms with van der Waals surface area (Å²) in [6.07, 6.45) is 1.64. The maximum atomic E-state index is 12.9. The van der Waals surface area contributed by atoms with Crippen molar-refractivity contribution in [1.29, 1.82) is 0 Å². The van der Waals surface area contributed by atoms with Crippen LogP contribution in [0, 0.1) is 5.92 Å². The summed E-state index contributed by atoms with van der Waals surface area (Å²) in [7, 11) is 0. The van der Waals surface area contributed by atoms with Gasteiger partial charge in [-0.2, -0.15) is 0 Å². The Morgan fingerprint density at radius 2 is 1.70 bits per heavy atom. The van der Waals surface area contributed by atoms with Gasteiger partial charge in [0.05, 0.1) is 28.7 Å². The highest BCUT2D eigenvalue weighted by atomic mass is 35.5. The third-order valence-electron chi connectivity index (χ3n) is 5.21. The summed E-state index contributed by atoms with van der Waals surface area (Å²) in [6.45, 7) is 0.236. The Bertz CT molecular complexity index is 1200. The third kappa shape index (κ3) is 5.39. The van der Waals surface area contributed by atoms with Gasteiger partial charge in [-0.3, -0.25) is 14.6 Å². The van der Waals surface area contributed by atoms with Crippen molar-refractivity contribution in [1.82, 2.24) is 10.3 Å². The number of alkyl halides is 2.